The number of rotatable bonds is 3. The molecule has 2 bridgehead atoms. The summed E-state index contributed by atoms with van der Waals surface area (Å²) in [5, 5.41) is 0. The molecule has 0 radical (unpaired) electrons. The highest BCUT2D eigenvalue weighted by Gasteiger charge is 2.52. The van der Waals surface area contributed by atoms with Crippen LogP contribution in [0.15, 0.2) is 126 Å². The van der Waals surface area contributed by atoms with Crippen molar-refractivity contribution < 1.29 is 9.31 Å². The second-order valence-corrected chi connectivity index (χ2v) is 10.8. The quantitative estimate of drug-likeness (QED) is 0.438. The van der Waals surface area contributed by atoms with Gasteiger partial charge in [-0.1, -0.05) is 85.0 Å². The van der Waals surface area contributed by atoms with Gasteiger partial charge in [0.1, 0.15) is 0 Å². The number of allylic oxidation sites excluding steroid dienone is 12. The normalized spacial score (nSPS) is 28.6. The molecule has 1 aliphatic heterocycles. The van der Waals surface area contributed by atoms with E-state index in [4.69, 9.17) is 14.3 Å². The van der Waals surface area contributed by atoms with Crippen molar-refractivity contribution in [2.75, 3.05) is 0 Å². The summed E-state index contributed by atoms with van der Waals surface area (Å²) in [5.74, 6) is 0. The van der Waals surface area contributed by atoms with Gasteiger partial charge in [-0.3, -0.25) is 4.98 Å². The number of pyridine rings is 1. The van der Waals surface area contributed by atoms with Gasteiger partial charge in [0.2, 0.25) is 0 Å². The Morgan fingerprint density at radius 3 is 2.19 bits per heavy atom. The molecule has 3 nitrogen and oxygen atoms in total. The fourth-order valence-corrected chi connectivity index (χ4v) is 5.11. The predicted octanol–water partition coefficient (Wildman–Crippen LogP) is 7.25. The van der Waals surface area contributed by atoms with Crippen LogP contribution >= 0.6 is 0 Å². The lowest BCUT2D eigenvalue weighted by atomic mass is 9.67. The van der Waals surface area contributed by atoms with Crippen LogP contribution < -0.4 is 0 Å². The number of hydrogen-bond acceptors (Lipinski definition) is 3. The van der Waals surface area contributed by atoms with Gasteiger partial charge >= 0.3 is 7.12 Å². The van der Waals surface area contributed by atoms with Crippen LogP contribution in [0.1, 0.15) is 52.3 Å². The standard InChI is InChI=1S/C32H34BNO2/c1-24-22-28(33-35-30(2,3)31(4,5)36-33)18-13-20-32(26-15-7-6-8-16-26,29-19-11-12-21-34-29)27-17-10-9-14-25(24)23-27/h6-22H,23H2,1-5H3/b20-13+,24-22+,28-18+. The van der Waals surface area contributed by atoms with Crippen molar-refractivity contribution in [3.63, 3.8) is 0 Å². The molecule has 2 aliphatic carbocycles. The number of benzene rings is 1. The fourth-order valence-electron chi connectivity index (χ4n) is 5.11. The number of fused-ring (bicyclic) bond motifs is 2. The average molecular weight is 475 g/mol. The molecule has 0 amide bonds. The van der Waals surface area contributed by atoms with Gasteiger partial charge in [0.05, 0.1) is 22.3 Å². The summed E-state index contributed by atoms with van der Waals surface area (Å²) in [6.07, 6.45) is 20.2. The van der Waals surface area contributed by atoms with Crippen LogP contribution in [0, 0.1) is 0 Å². The Bertz CT molecular complexity index is 1250. The third-order valence-electron chi connectivity index (χ3n) is 7.94. The van der Waals surface area contributed by atoms with Crippen LogP contribution in [0.3, 0.4) is 0 Å². The Morgan fingerprint density at radius 1 is 0.806 bits per heavy atom. The molecular formula is C32H34BNO2. The summed E-state index contributed by atoms with van der Waals surface area (Å²) in [5.41, 5.74) is 5.62. The molecule has 1 atom stereocenters. The first-order valence-electron chi connectivity index (χ1n) is 12.7. The molecular weight excluding hydrogens is 441 g/mol. The molecule has 1 aromatic heterocycles. The van der Waals surface area contributed by atoms with Gasteiger partial charge in [-0.2, -0.15) is 0 Å². The molecule has 182 valence electrons. The van der Waals surface area contributed by atoms with Crippen molar-refractivity contribution >= 4 is 7.12 Å². The summed E-state index contributed by atoms with van der Waals surface area (Å²) in [6.45, 7) is 10.6. The third-order valence-corrected chi connectivity index (χ3v) is 7.94. The minimum atomic E-state index is -0.522. The third kappa shape index (κ3) is 4.29. The van der Waals surface area contributed by atoms with Gasteiger partial charge < -0.3 is 9.31 Å². The van der Waals surface area contributed by atoms with Crippen LogP contribution in [-0.4, -0.2) is 23.3 Å². The van der Waals surface area contributed by atoms with Crippen LogP contribution in [0.25, 0.3) is 0 Å². The first-order chi connectivity index (χ1) is 17.2. The zero-order valence-corrected chi connectivity index (χ0v) is 21.9. The van der Waals surface area contributed by atoms with E-state index < -0.39 is 23.7 Å². The van der Waals surface area contributed by atoms with Crippen molar-refractivity contribution in [2.45, 2.75) is 57.7 Å². The van der Waals surface area contributed by atoms with Crippen molar-refractivity contribution in [3.05, 3.63) is 137 Å². The highest BCUT2D eigenvalue weighted by Crippen LogP contribution is 2.45. The smallest absolute Gasteiger partial charge is 0.399 e. The Morgan fingerprint density at radius 2 is 1.50 bits per heavy atom. The van der Waals surface area contributed by atoms with Crippen molar-refractivity contribution in [1.29, 1.82) is 0 Å². The monoisotopic (exact) mass is 475 g/mol. The molecule has 1 aromatic carbocycles. The first kappa shape index (κ1) is 24.5. The largest absolute Gasteiger partial charge is 0.494 e. The second-order valence-electron chi connectivity index (χ2n) is 10.8. The molecule has 4 heteroatoms. The van der Waals surface area contributed by atoms with Gasteiger partial charge in [0.25, 0.3) is 0 Å². The molecule has 1 fully saturated rings. The molecule has 1 unspecified atom stereocenters. The van der Waals surface area contributed by atoms with Crippen LogP contribution in [0.5, 0.6) is 0 Å². The summed E-state index contributed by atoms with van der Waals surface area (Å²) >= 11 is 0. The van der Waals surface area contributed by atoms with E-state index in [2.05, 4.69) is 126 Å². The lowest BCUT2D eigenvalue weighted by Crippen LogP contribution is -2.41. The van der Waals surface area contributed by atoms with Gasteiger partial charge in [0, 0.05) is 6.20 Å². The summed E-state index contributed by atoms with van der Waals surface area (Å²) < 4.78 is 12.9. The second kappa shape index (κ2) is 9.35. The minimum absolute atomic E-state index is 0.402. The molecule has 3 aliphatic rings. The van der Waals surface area contributed by atoms with E-state index in [9.17, 15) is 0 Å². The van der Waals surface area contributed by atoms with E-state index in [1.807, 2.05) is 12.3 Å². The number of nitrogens with zero attached hydrogens (tertiary/aromatic N) is 1. The molecule has 0 saturated carbocycles. The van der Waals surface area contributed by atoms with Crippen LogP contribution in [-0.2, 0) is 14.7 Å². The van der Waals surface area contributed by atoms with Crippen LogP contribution in [0.4, 0.5) is 0 Å². The minimum Gasteiger partial charge on any atom is -0.399 e. The fraction of sp³-hybridized carbons (Fsp3) is 0.281. The zero-order chi connectivity index (χ0) is 25.4. The first-order valence-corrected chi connectivity index (χ1v) is 12.7. The summed E-state index contributed by atoms with van der Waals surface area (Å²) in [7, 11) is -0.438. The Labute approximate surface area is 215 Å². The van der Waals surface area contributed by atoms with E-state index >= 15 is 0 Å². The van der Waals surface area contributed by atoms with Gasteiger partial charge in [-0.05, 0) is 80.9 Å². The highest BCUT2D eigenvalue weighted by molar-refractivity contribution is 6.55. The summed E-state index contributed by atoms with van der Waals surface area (Å²) in [6, 6.07) is 16.8. The van der Waals surface area contributed by atoms with E-state index in [0.717, 1.165) is 17.6 Å². The maximum atomic E-state index is 6.44. The lowest BCUT2D eigenvalue weighted by molar-refractivity contribution is 0.00578. The Kier molecular flexibility index (Phi) is 6.36. The highest BCUT2D eigenvalue weighted by atomic mass is 16.7. The maximum Gasteiger partial charge on any atom is 0.494 e. The van der Waals surface area contributed by atoms with E-state index in [1.165, 1.54) is 22.3 Å². The predicted molar refractivity (Wildman–Crippen MR) is 148 cm³/mol. The van der Waals surface area contributed by atoms with Crippen molar-refractivity contribution in [1.82, 2.24) is 4.98 Å². The van der Waals surface area contributed by atoms with Gasteiger partial charge in [0.15, 0.2) is 0 Å². The molecule has 1 saturated heterocycles. The molecule has 36 heavy (non-hydrogen) atoms. The molecule has 0 N–H and O–H groups in total. The number of aromatic nitrogens is 1. The Hall–Kier alpha value is -3.21. The molecule has 5 rings (SSSR count). The van der Waals surface area contributed by atoms with E-state index in [0.29, 0.717) is 0 Å². The lowest BCUT2D eigenvalue weighted by Gasteiger charge is -2.35. The Balaban J connectivity index is 1.73. The van der Waals surface area contributed by atoms with E-state index in [1.54, 1.807) is 0 Å². The van der Waals surface area contributed by atoms with Crippen LogP contribution in [0.2, 0.25) is 0 Å². The van der Waals surface area contributed by atoms with Gasteiger partial charge in [-0.15, -0.1) is 0 Å². The summed E-state index contributed by atoms with van der Waals surface area (Å²) in [4.78, 5) is 4.89. The topological polar surface area (TPSA) is 31.4 Å². The molecule has 0 spiro atoms. The van der Waals surface area contributed by atoms with Gasteiger partial charge in [-0.25, -0.2) is 0 Å². The van der Waals surface area contributed by atoms with E-state index in [-0.39, 0.29) is 0 Å². The van der Waals surface area contributed by atoms with Crippen molar-refractivity contribution in [3.8, 4) is 0 Å². The molecule has 2 aromatic rings. The number of hydrogen-bond donors (Lipinski definition) is 0. The molecule has 2 heterocycles. The average Bonchev–Trinajstić information content (AvgIpc) is 3.01. The SMILES string of the molecule is C\C1=C/C(B2OC(C)(C)C(C)(C)O2)=C\C=C\C(c2ccccc2)(c2ccccn2)C2=CC=CC=C1C2. The zero-order valence-electron chi connectivity index (χ0n) is 21.9. The van der Waals surface area contributed by atoms with Crippen molar-refractivity contribution in [2.24, 2.45) is 0 Å². The maximum absolute atomic E-state index is 6.44.